The van der Waals surface area contributed by atoms with E-state index in [0.29, 0.717) is 16.6 Å². The summed E-state index contributed by atoms with van der Waals surface area (Å²) in [5.74, 6) is -0.391. The molecule has 0 saturated carbocycles. The lowest BCUT2D eigenvalue weighted by Gasteiger charge is -2.19. The van der Waals surface area contributed by atoms with Crippen LogP contribution >= 0.6 is 0 Å². The number of hydrogen-bond acceptors (Lipinski definition) is 3. The molecule has 0 fully saturated rings. The summed E-state index contributed by atoms with van der Waals surface area (Å²) in [4.78, 5) is 26.0. The van der Waals surface area contributed by atoms with Crippen LogP contribution in [0.4, 0.5) is 0 Å². The van der Waals surface area contributed by atoms with Crippen molar-refractivity contribution in [2.75, 3.05) is 0 Å². The summed E-state index contributed by atoms with van der Waals surface area (Å²) in [6, 6.07) is 5.00. The summed E-state index contributed by atoms with van der Waals surface area (Å²) in [6.45, 7) is 5.44. The smallest absolute Gasteiger partial charge is 0.338 e. The second kappa shape index (κ2) is 4.01. The zero-order valence-corrected chi connectivity index (χ0v) is 10.9. The molecule has 0 aliphatic carbocycles. The number of hydrogen-bond donors (Lipinski definition) is 1. The number of esters is 1. The predicted octanol–water partition coefficient (Wildman–Crippen LogP) is 1.82. The van der Waals surface area contributed by atoms with Crippen LogP contribution in [0.25, 0.3) is 11.0 Å². The molecule has 0 radical (unpaired) electrons. The molecule has 0 bridgehead atoms. The minimum Gasteiger partial charge on any atom is -0.456 e. The van der Waals surface area contributed by atoms with Crippen LogP contribution in [0.3, 0.4) is 0 Å². The number of benzene rings is 1. The third-order valence-electron chi connectivity index (χ3n) is 2.54. The molecule has 96 valence electrons. The van der Waals surface area contributed by atoms with Crippen LogP contribution in [0.5, 0.6) is 0 Å². The van der Waals surface area contributed by atoms with Crippen molar-refractivity contribution in [3.05, 3.63) is 34.2 Å². The van der Waals surface area contributed by atoms with Gasteiger partial charge < -0.3 is 9.72 Å². The van der Waals surface area contributed by atoms with Crippen molar-refractivity contribution < 1.29 is 9.53 Å². The first-order valence-corrected chi connectivity index (χ1v) is 5.70. The maximum Gasteiger partial charge on any atom is 0.338 e. The molecule has 2 aromatic rings. The molecule has 0 saturated heterocycles. The van der Waals surface area contributed by atoms with E-state index in [2.05, 4.69) is 4.98 Å². The summed E-state index contributed by atoms with van der Waals surface area (Å²) in [7, 11) is 1.65. The molecule has 0 atom stereocenters. The number of fused-ring (bicyclic) bond motifs is 1. The first-order chi connectivity index (χ1) is 8.28. The van der Waals surface area contributed by atoms with Crippen LogP contribution in [-0.2, 0) is 11.8 Å². The van der Waals surface area contributed by atoms with Crippen molar-refractivity contribution in [3.63, 3.8) is 0 Å². The van der Waals surface area contributed by atoms with Gasteiger partial charge in [0.1, 0.15) is 5.60 Å². The van der Waals surface area contributed by atoms with Crippen LogP contribution < -0.4 is 5.69 Å². The SMILES string of the molecule is Cn1c(=O)[nH]c2ccc(C(=O)OC(C)(C)C)cc21. The first-order valence-electron chi connectivity index (χ1n) is 5.70. The highest BCUT2D eigenvalue weighted by Crippen LogP contribution is 2.16. The van der Waals surface area contributed by atoms with Crippen LogP contribution in [0.1, 0.15) is 31.1 Å². The molecule has 1 aromatic heterocycles. The number of nitrogens with zero attached hydrogens (tertiary/aromatic N) is 1. The van der Waals surface area contributed by atoms with Crippen molar-refractivity contribution >= 4 is 17.0 Å². The average Bonchev–Trinajstić information content (AvgIpc) is 2.52. The number of carbonyl (C=O) groups excluding carboxylic acids is 1. The summed E-state index contributed by atoms with van der Waals surface area (Å²) in [6.07, 6.45) is 0. The molecule has 1 N–H and O–H groups in total. The number of rotatable bonds is 1. The molecular weight excluding hydrogens is 232 g/mol. The number of aryl methyl sites for hydroxylation is 1. The summed E-state index contributed by atoms with van der Waals surface area (Å²) in [5, 5.41) is 0. The Hall–Kier alpha value is -2.04. The monoisotopic (exact) mass is 248 g/mol. The number of carbonyl (C=O) groups is 1. The fraction of sp³-hybridized carbons (Fsp3) is 0.385. The average molecular weight is 248 g/mol. The van der Waals surface area contributed by atoms with Gasteiger partial charge in [-0.1, -0.05) is 0 Å². The van der Waals surface area contributed by atoms with Crippen molar-refractivity contribution in [3.8, 4) is 0 Å². The van der Waals surface area contributed by atoms with Gasteiger partial charge in [-0.05, 0) is 39.0 Å². The summed E-state index contributed by atoms with van der Waals surface area (Å²) < 4.78 is 6.74. The van der Waals surface area contributed by atoms with E-state index in [4.69, 9.17) is 4.74 Å². The third-order valence-corrected chi connectivity index (χ3v) is 2.54. The third kappa shape index (κ3) is 2.30. The molecule has 0 unspecified atom stereocenters. The number of aromatic nitrogens is 2. The van der Waals surface area contributed by atoms with Crippen LogP contribution in [0.15, 0.2) is 23.0 Å². The molecule has 18 heavy (non-hydrogen) atoms. The lowest BCUT2D eigenvalue weighted by atomic mass is 10.1. The number of ether oxygens (including phenoxy) is 1. The van der Waals surface area contributed by atoms with Crippen LogP contribution in [-0.4, -0.2) is 21.1 Å². The Bertz CT molecular complexity index is 659. The van der Waals surface area contributed by atoms with Crippen LogP contribution in [0.2, 0.25) is 0 Å². The van der Waals surface area contributed by atoms with Crippen LogP contribution in [0, 0.1) is 0 Å². The predicted molar refractivity (Wildman–Crippen MR) is 68.7 cm³/mol. The van der Waals surface area contributed by atoms with Gasteiger partial charge in [0.15, 0.2) is 0 Å². The fourth-order valence-electron chi connectivity index (χ4n) is 1.69. The number of H-pyrrole nitrogens is 1. The quantitative estimate of drug-likeness (QED) is 0.783. The van der Waals surface area contributed by atoms with E-state index in [1.807, 2.05) is 20.8 Å². The van der Waals surface area contributed by atoms with Crippen molar-refractivity contribution in [1.82, 2.24) is 9.55 Å². The van der Waals surface area contributed by atoms with E-state index in [0.717, 1.165) is 0 Å². The molecule has 0 spiro atoms. The van der Waals surface area contributed by atoms with Gasteiger partial charge in [-0.15, -0.1) is 0 Å². The lowest BCUT2D eigenvalue weighted by molar-refractivity contribution is 0.00697. The standard InChI is InChI=1S/C13H16N2O3/c1-13(2,3)18-11(16)8-5-6-9-10(7-8)15(4)12(17)14-9/h5-7H,1-4H3,(H,14,17). The van der Waals surface area contributed by atoms with Gasteiger partial charge in [0, 0.05) is 7.05 Å². The molecule has 0 amide bonds. The van der Waals surface area contributed by atoms with Gasteiger partial charge in [0.25, 0.3) is 0 Å². The molecular formula is C13H16N2O3. The number of nitrogens with one attached hydrogen (secondary N) is 1. The van der Waals surface area contributed by atoms with Gasteiger partial charge in [-0.3, -0.25) is 4.57 Å². The van der Waals surface area contributed by atoms with E-state index >= 15 is 0 Å². The molecule has 5 nitrogen and oxygen atoms in total. The Morgan fingerprint density at radius 3 is 2.61 bits per heavy atom. The van der Waals surface area contributed by atoms with E-state index in [1.54, 1.807) is 25.2 Å². The molecule has 0 aliphatic heterocycles. The minimum absolute atomic E-state index is 0.202. The van der Waals surface area contributed by atoms with E-state index in [1.165, 1.54) is 4.57 Å². The molecule has 1 heterocycles. The highest BCUT2D eigenvalue weighted by molar-refractivity contribution is 5.93. The van der Waals surface area contributed by atoms with Gasteiger partial charge in [0.2, 0.25) is 0 Å². The van der Waals surface area contributed by atoms with Gasteiger partial charge in [0.05, 0.1) is 16.6 Å². The zero-order chi connectivity index (χ0) is 13.5. The Balaban J connectivity index is 2.44. The topological polar surface area (TPSA) is 64.1 Å². The normalized spacial score (nSPS) is 11.8. The van der Waals surface area contributed by atoms with E-state index < -0.39 is 11.6 Å². The summed E-state index contributed by atoms with van der Waals surface area (Å²) >= 11 is 0. The largest absolute Gasteiger partial charge is 0.456 e. The Kier molecular flexibility index (Phi) is 2.77. The summed E-state index contributed by atoms with van der Waals surface area (Å²) in [5.41, 5.74) is 1.09. The Morgan fingerprint density at radius 2 is 2.00 bits per heavy atom. The van der Waals surface area contributed by atoms with Crippen molar-refractivity contribution in [2.24, 2.45) is 7.05 Å². The van der Waals surface area contributed by atoms with Gasteiger partial charge >= 0.3 is 11.7 Å². The van der Waals surface area contributed by atoms with Crippen molar-refractivity contribution in [2.45, 2.75) is 26.4 Å². The number of imidazole rings is 1. The van der Waals surface area contributed by atoms with Gasteiger partial charge in [-0.2, -0.15) is 0 Å². The molecule has 2 rings (SSSR count). The highest BCUT2D eigenvalue weighted by atomic mass is 16.6. The lowest BCUT2D eigenvalue weighted by Crippen LogP contribution is -2.23. The molecule has 5 heteroatoms. The second-order valence-electron chi connectivity index (χ2n) is 5.22. The highest BCUT2D eigenvalue weighted by Gasteiger charge is 2.18. The molecule has 0 aliphatic rings. The Morgan fingerprint density at radius 1 is 1.33 bits per heavy atom. The Labute approximate surface area is 104 Å². The maximum atomic E-state index is 11.9. The molecule has 1 aromatic carbocycles. The van der Waals surface area contributed by atoms with E-state index in [-0.39, 0.29) is 5.69 Å². The fourth-order valence-corrected chi connectivity index (χ4v) is 1.69. The first kappa shape index (κ1) is 12.4. The maximum absolute atomic E-state index is 11.9. The van der Waals surface area contributed by atoms with Gasteiger partial charge in [-0.25, -0.2) is 9.59 Å². The second-order valence-corrected chi connectivity index (χ2v) is 5.22. The van der Waals surface area contributed by atoms with Crippen molar-refractivity contribution in [1.29, 1.82) is 0 Å². The zero-order valence-electron chi connectivity index (χ0n) is 10.9. The minimum atomic E-state index is -0.532. The number of aromatic amines is 1. The van der Waals surface area contributed by atoms with E-state index in [9.17, 15) is 9.59 Å².